The number of hydrogen-bond acceptors (Lipinski definition) is 8. The quantitative estimate of drug-likeness (QED) is 0.388. The predicted octanol–water partition coefficient (Wildman–Crippen LogP) is 3.03. The van der Waals surface area contributed by atoms with E-state index < -0.39 is 9.84 Å². The molecule has 39 heavy (non-hydrogen) atoms. The average Bonchev–Trinajstić information content (AvgIpc) is 3.36. The lowest BCUT2D eigenvalue weighted by Crippen LogP contribution is -2.53. The zero-order chi connectivity index (χ0) is 27.4. The zero-order valence-corrected chi connectivity index (χ0v) is 23.5. The number of nitrogens with zero attached hydrogens (tertiary/aromatic N) is 4. The second kappa shape index (κ2) is 11.9. The third-order valence-electron chi connectivity index (χ3n) is 7.59. The maximum atomic E-state index is 13.0. The largest absolute Gasteiger partial charge is 0.493 e. The summed E-state index contributed by atoms with van der Waals surface area (Å²) in [4.78, 5) is 24.3. The summed E-state index contributed by atoms with van der Waals surface area (Å²) in [6.45, 7) is 4.92. The highest BCUT2D eigenvalue weighted by Gasteiger charge is 2.31. The number of carbonyl (C=O) groups excluding carboxylic acids is 1. The average molecular weight is 555 g/mol. The van der Waals surface area contributed by atoms with E-state index in [1.54, 1.807) is 6.20 Å². The molecular weight excluding hydrogens is 516 g/mol. The molecule has 1 amide bonds. The fourth-order valence-electron chi connectivity index (χ4n) is 5.58. The van der Waals surface area contributed by atoms with E-state index in [-0.39, 0.29) is 17.7 Å². The third-order valence-corrected chi connectivity index (χ3v) is 8.62. The monoisotopic (exact) mass is 554 g/mol. The Morgan fingerprint density at radius 2 is 2.00 bits per heavy atom. The van der Waals surface area contributed by atoms with Gasteiger partial charge in [0.2, 0.25) is 11.9 Å². The first-order valence-corrected chi connectivity index (χ1v) is 15.9. The summed E-state index contributed by atoms with van der Waals surface area (Å²) in [7, 11) is -3.00. The van der Waals surface area contributed by atoms with Gasteiger partial charge in [0.05, 0.1) is 17.9 Å². The van der Waals surface area contributed by atoms with Crippen LogP contribution < -0.4 is 15.4 Å². The number of hydrogen-bond donors (Lipinski definition) is 2. The highest BCUT2D eigenvalue weighted by molar-refractivity contribution is 7.90. The van der Waals surface area contributed by atoms with Crippen LogP contribution in [0.2, 0.25) is 0 Å². The van der Waals surface area contributed by atoms with Gasteiger partial charge in [-0.2, -0.15) is 4.98 Å². The maximum Gasteiger partial charge on any atom is 0.225 e. The molecule has 3 aromatic rings. The van der Waals surface area contributed by atoms with Crippen molar-refractivity contribution < 1.29 is 17.9 Å². The lowest BCUT2D eigenvalue weighted by atomic mass is 9.85. The molecule has 0 unspecified atom stereocenters. The second-order valence-corrected chi connectivity index (χ2v) is 13.0. The van der Waals surface area contributed by atoms with Crippen LogP contribution in [0, 0.1) is 5.92 Å². The Morgan fingerprint density at radius 3 is 2.77 bits per heavy atom. The Labute approximate surface area is 230 Å². The summed E-state index contributed by atoms with van der Waals surface area (Å²) in [5.74, 6) is 2.55. The predicted molar refractivity (Wildman–Crippen MR) is 152 cm³/mol. The van der Waals surface area contributed by atoms with E-state index in [0.29, 0.717) is 36.7 Å². The number of sulfone groups is 1. The molecule has 0 bridgehead atoms. The minimum absolute atomic E-state index is 0.105. The molecule has 2 N–H and O–H groups in total. The molecule has 1 aliphatic heterocycles. The summed E-state index contributed by atoms with van der Waals surface area (Å²) in [6.07, 6.45) is 8.97. The highest BCUT2D eigenvalue weighted by Crippen LogP contribution is 2.30. The molecule has 2 aromatic heterocycles. The summed E-state index contributed by atoms with van der Waals surface area (Å²) in [6, 6.07) is 10.3. The van der Waals surface area contributed by atoms with Gasteiger partial charge in [-0.15, -0.1) is 0 Å². The van der Waals surface area contributed by atoms with Crippen molar-refractivity contribution in [2.75, 3.05) is 43.6 Å². The number of carbonyl (C=O) groups is 1. The molecule has 0 spiro atoms. The SMILES string of the molecule is C[C@H]1CN(C(=O)C2CCC(Nc3nccc(-n4ccc5c(OCCCS(C)(=O)=O)cccc54)n3)CC2)CCN1. The number of amides is 1. The van der Waals surface area contributed by atoms with E-state index >= 15 is 0 Å². The van der Waals surface area contributed by atoms with Crippen molar-refractivity contribution in [1.29, 1.82) is 0 Å². The van der Waals surface area contributed by atoms with Crippen molar-refractivity contribution in [1.82, 2.24) is 24.8 Å². The van der Waals surface area contributed by atoms with Crippen molar-refractivity contribution in [3.63, 3.8) is 0 Å². The van der Waals surface area contributed by atoms with Crippen molar-refractivity contribution in [2.24, 2.45) is 5.92 Å². The molecule has 1 saturated heterocycles. The lowest BCUT2D eigenvalue weighted by Gasteiger charge is -2.36. The number of piperazine rings is 1. The van der Waals surface area contributed by atoms with E-state index in [0.717, 1.165) is 62.0 Å². The third kappa shape index (κ3) is 6.88. The normalized spacial score (nSPS) is 22.1. The molecule has 2 aliphatic rings. The Kier molecular flexibility index (Phi) is 8.37. The van der Waals surface area contributed by atoms with Gasteiger partial charge in [0, 0.05) is 61.7 Å². The lowest BCUT2D eigenvalue weighted by molar-refractivity contribution is -0.137. The van der Waals surface area contributed by atoms with E-state index in [1.165, 1.54) is 6.26 Å². The van der Waals surface area contributed by atoms with Crippen molar-refractivity contribution in [2.45, 2.75) is 51.1 Å². The molecule has 1 atom stereocenters. The number of benzene rings is 1. The molecule has 1 aromatic carbocycles. The van der Waals surface area contributed by atoms with Crippen molar-refractivity contribution >= 4 is 32.6 Å². The summed E-state index contributed by atoms with van der Waals surface area (Å²) >= 11 is 0. The smallest absolute Gasteiger partial charge is 0.225 e. The molecule has 2 fully saturated rings. The van der Waals surface area contributed by atoms with Crippen LogP contribution in [0.25, 0.3) is 16.7 Å². The molecule has 210 valence electrons. The minimum atomic E-state index is -3.00. The first kappa shape index (κ1) is 27.4. The van der Waals surface area contributed by atoms with E-state index in [4.69, 9.17) is 9.72 Å². The molecule has 1 saturated carbocycles. The van der Waals surface area contributed by atoms with Gasteiger partial charge in [0.15, 0.2) is 0 Å². The molecule has 1 aliphatic carbocycles. The first-order valence-electron chi connectivity index (χ1n) is 13.8. The molecule has 11 heteroatoms. The number of aromatic nitrogens is 3. The second-order valence-electron chi connectivity index (χ2n) is 10.8. The molecule has 10 nitrogen and oxygen atoms in total. The van der Waals surface area contributed by atoms with Gasteiger partial charge in [-0.3, -0.25) is 4.79 Å². The van der Waals surface area contributed by atoms with E-state index in [2.05, 4.69) is 22.5 Å². The van der Waals surface area contributed by atoms with Crippen LogP contribution >= 0.6 is 0 Å². The minimum Gasteiger partial charge on any atom is -0.493 e. The van der Waals surface area contributed by atoms with Crippen LogP contribution in [-0.2, 0) is 14.6 Å². The summed E-state index contributed by atoms with van der Waals surface area (Å²) in [5, 5.41) is 7.83. The topological polar surface area (TPSA) is 118 Å². The van der Waals surface area contributed by atoms with Gasteiger partial charge < -0.3 is 24.8 Å². The molecule has 5 rings (SSSR count). The van der Waals surface area contributed by atoms with Crippen LogP contribution in [0.5, 0.6) is 5.75 Å². The Morgan fingerprint density at radius 1 is 1.18 bits per heavy atom. The number of fused-ring (bicyclic) bond motifs is 1. The Bertz CT molecular complexity index is 1400. The van der Waals surface area contributed by atoms with Gasteiger partial charge in [0.1, 0.15) is 21.4 Å². The van der Waals surface area contributed by atoms with Gasteiger partial charge >= 0.3 is 0 Å². The zero-order valence-electron chi connectivity index (χ0n) is 22.7. The van der Waals surface area contributed by atoms with E-state index in [1.807, 2.05) is 46.0 Å². The van der Waals surface area contributed by atoms with Gasteiger partial charge in [-0.05, 0) is 63.3 Å². The number of ether oxygens (including phenoxy) is 1. The van der Waals surface area contributed by atoms with Crippen LogP contribution in [-0.4, -0.2) is 84.1 Å². The van der Waals surface area contributed by atoms with Crippen LogP contribution in [0.4, 0.5) is 5.95 Å². The van der Waals surface area contributed by atoms with Gasteiger partial charge in [-0.25, -0.2) is 13.4 Å². The fourth-order valence-corrected chi connectivity index (χ4v) is 6.22. The van der Waals surface area contributed by atoms with Crippen LogP contribution in [0.1, 0.15) is 39.0 Å². The standard InChI is InChI=1S/C28H38N6O4S/c1-20-19-33(16-14-29-20)27(35)21-7-9-22(10-8-21)31-28-30-13-11-26(32-28)34-15-12-23-24(34)5-3-6-25(23)38-17-4-18-39(2,36)37/h3,5-6,11-13,15,20-22,29H,4,7-10,14,16-19H2,1-2H3,(H,30,31,32)/t20-,21?,22?/m0/s1. The summed E-state index contributed by atoms with van der Waals surface area (Å²) in [5.41, 5.74) is 0.946. The number of rotatable bonds is 9. The number of anilines is 1. The fraction of sp³-hybridized carbons (Fsp3) is 0.536. The van der Waals surface area contributed by atoms with Crippen LogP contribution in [0.3, 0.4) is 0 Å². The molecule has 3 heterocycles. The first-order chi connectivity index (χ1) is 18.8. The van der Waals surface area contributed by atoms with Crippen LogP contribution in [0.15, 0.2) is 42.7 Å². The highest BCUT2D eigenvalue weighted by atomic mass is 32.2. The maximum absolute atomic E-state index is 13.0. The van der Waals surface area contributed by atoms with Crippen molar-refractivity contribution in [3.8, 4) is 11.6 Å². The Balaban J connectivity index is 1.20. The van der Waals surface area contributed by atoms with Crippen molar-refractivity contribution in [3.05, 3.63) is 42.7 Å². The molecular formula is C28H38N6O4S. The number of nitrogens with one attached hydrogen (secondary N) is 2. The van der Waals surface area contributed by atoms with Gasteiger partial charge in [0.25, 0.3) is 0 Å². The summed E-state index contributed by atoms with van der Waals surface area (Å²) < 4.78 is 30.7. The van der Waals surface area contributed by atoms with Gasteiger partial charge in [-0.1, -0.05) is 6.07 Å². The Hall–Kier alpha value is -3.18. The molecule has 0 radical (unpaired) electrons. The van der Waals surface area contributed by atoms with E-state index in [9.17, 15) is 13.2 Å².